The van der Waals surface area contributed by atoms with E-state index in [0.717, 1.165) is 35.5 Å². The smallest absolute Gasteiger partial charge is 0.0139 e. The summed E-state index contributed by atoms with van der Waals surface area (Å²) in [7, 11) is 0. The minimum absolute atomic E-state index is 0.723. The zero-order valence-corrected chi connectivity index (χ0v) is 22.3. The molecular weight excluding hydrogens is 372 g/mol. The number of hydrogen-bond acceptors (Lipinski definition) is 0. The van der Waals surface area contributed by atoms with E-state index in [9.17, 15) is 0 Å². The summed E-state index contributed by atoms with van der Waals surface area (Å²) in [4.78, 5) is 0. The van der Waals surface area contributed by atoms with Crippen LogP contribution < -0.4 is 0 Å². The Hall–Kier alpha value is -0.780. The third-order valence-corrected chi connectivity index (χ3v) is 8.06. The molecule has 0 aliphatic rings. The lowest BCUT2D eigenvalue weighted by Gasteiger charge is -2.31. The summed E-state index contributed by atoms with van der Waals surface area (Å²) in [5.74, 6) is 5.11. The second-order valence-corrected chi connectivity index (χ2v) is 11.0. The van der Waals surface area contributed by atoms with Crippen LogP contribution in [0.2, 0.25) is 0 Å². The summed E-state index contributed by atoms with van der Waals surface area (Å²) in [5, 5.41) is 0. The zero-order valence-electron chi connectivity index (χ0n) is 22.3. The highest BCUT2D eigenvalue weighted by atomic mass is 14.3. The van der Waals surface area contributed by atoms with Crippen LogP contribution in [0.3, 0.4) is 0 Å². The molecule has 0 fully saturated rings. The lowest BCUT2D eigenvalue weighted by Crippen LogP contribution is -2.21. The molecule has 0 saturated heterocycles. The van der Waals surface area contributed by atoms with Gasteiger partial charge in [-0.2, -0.15) is 0 Å². The predicted octanol–water partition coefficient (Wildman–Crippen LogP) is 10.7. The Morgan fingerprint density at radius 1 is 0.613 bits per heavy atom. The van der Waals surface area contributed by atoms with Gasteiger partial charge in [0, 0.05) is 0 Å². The topological polar surface area (TPSA) is 0 Å². The summed E-state index contributed by atoms with van der Waals surface area (Å²) < 4.78 is 0. The Kier molecular flexibility index (Phi) is 15.3. The van der Waals surface area contributed by atoms with E-state index in [2.05, 4.69) is 78.8 Å². The van der Waals surface area contributed by atoms with Crippen LogP contribution >= 0.6 is 0 Å². The second kappa shape index (κ2) is 16.8. The molecule has 0 saturated carbocycles. The molecule has 1 rings (SSSR count). The maximum absolute atomic E-state index is 2.47. The van der Waals surface area contributed by atoms with Crippen molar-refractivity contribution in [1.29, 1.82) is 0 Å². The number of benzene rings is 1. The van der Waals surface area contributed by atoms with Crippen molar-refractivity contribution in [2.24, 2.45) is 29.6 Å². The fraction of sp³-hybridized carbons (Fsp3) is 0.806. The lowest BCUT2D eigenvalue weighted by molar-refractivity contribution is 0.198. The minimum atomic E-state index is 0.723. The van der Waals surface area contributed by atoms with Gasteiger partial charge in [-0.1, -0.05) is 137 Å². The van der Waals surface area contributed by atoms with E-state index >= 15 is 0 Å². The van der Waals surface area contributed by atoms with Gasteiger partial charge >= 0.3 is 0 Å². The van der Waals surface area contributed by atoms with Crippen LogP contribution in [0.4, 0.5) is 0 Å². The van der Waals surface area contributed by atoms with Crippen LogP contribution in [-0.4, -0.2) is 0 Å². The number of unbranched alkanes of at least 4 members (excludes halogenated alkanes) is 3. The average molecular weight is 429 g/mol. The van der Waals surface area contributed by atoms with E-state index in [-0.39, 0.29) is 0 Å². The van der Waals surface area contributed by atoms with Crippen LogP contribution in [0.15, 0.2) is 30.3 Å². The normalized spacial score (nSPS) is 15.9. The molecule has 0 N–H and O–H groups in total. The Balaban J connectivity index is 2.45. The van der Waals surface area contributed by atoms with Crippen LogP contribution in [0.5, 0.6) is 0 Å². The van der Waals surface area contributed by atoms with Crippen LogP contribution in [-0.2, 0) is 0 Å². The van der Waals surface area contributed by atoms with E-state index in [1.54, 1.807) is 0 Å². The predicted molar refractivity (Wildman–Crippen MR) is 142 cm³/mol. The lowest BCUT2D eigenvalue weighted by atomic mass is 9.75. The summed E-state index contributed by atoms with van der Waals surface area (Å²) in [6.45, 7) is 16.9. The SMILES string of the molecule is CCCCCC(C(C)C)C(CC)CCC(CC)CCCCC(c1ccccc1)C(C)C. The van der Waals surface area contributed by atoms with E-state index < -0.39 is 0 Å². The fourth-order valence-corrected chi connectivity index (χ4v) is 5.85. The molecule has 0 aromatic heterocycles. The molecule has 0 spiro atoms. The summed E-state index contributed by atoms with van der Waals surface area (Å²) >= 11 is 0. The van der Waals surface area contributed by atoms with Crippen molar-refractivity contribution in [1.82, 2.24) is 0 Å². The molecule has 4 unspecified atom stereocenters. The van der Waals surface area contributed by atoms with Gasteiger partial charge in [0.25, 0.3) is 0 Å². The highest BCUT2D eigenvalue weighted by molar-refractivity contribution is 5.19. The van der Waals surface area contributed by atoms with Gasteiger partial charge in [0.1, 0.15) is 0 Å². The van der Waals surface area contributed by atoms with Crippen molar-refractivity contribution < 1.29 is 0 Å². The molecule has 1 aromatic rings. The van der Waals surface area contributed by atoms with Crippen molar-refractivity contribution in [2.75, 3.05) is 0 Å². The molecule has 0 radical (unpaired) electrons. The monoisotopic (exact) mass is 428 g/mol. The van der Waals surface area contributed by atoms with Crippen molar-refractivity contribution >= 4 is 0 Å². The van der Waals surface area contributed by atoms with Crippen molar-refractivity contribution in [2.45, 2.75) is 131 Å². The standard InChI is InChI=1S/C31H56/c1-8-11-13-21-30(25(4)5)28(10-3)24-23-27(9-2)18-16-17-22-31(26(6)7)29-19-14-12-15-20-29/h12,14-15,19-20,25-28,30-31H,8-11,13,16-18,21-24H2,1-7H3. The van der Waals surface area contributed by atoms with Gasteiger partial charge in [0.2, 0.25) is 0 Å². The van der Waals surface area contributed by atoms with Crippen LogP contribution in [0, 0.1) is 29.6 Å². The molecule has 0 aliphatic carbocycles. The Labute approximate surface area is 197 Å². The van der Waals surface area contributed by atoms with Crippen LogP contribution in [0.25, 0.3) is 0 Å². The Morgan fingerprint density at radius 2 is 1.26 bits per heavy atom. The first-order chi connectivity index (χ1) is 14.9. The van der Waals surface area contributed by atoms with Gasteiger partial charge in [-0.15, -0.1) is 0 Å². The molecule has 0 bridgehead atoms. The van der Waals surface area contributed by atoms with Gasteiger partial charge in [0.05, 0.1) is 0 Å². The van der Waals surface area contributed by atoms with Crippen molar-refractivity contribution in [3.8, 4) is 0 Å². The quantitative estimate of drug-likeness (QED) is 0.204. The van der Waals surface area contributed by atoms with Gasteiger partial charge in [-0.05, 0) is 60.3 Å². The number of hydrogen-bond donors (Lipinski definition) is 0. The zero-order chi connectivity index (χ0) is 23.1. The van der Waals surface area contributed by atoms with Gasteiger partial charge in [-0.3, -0.25) is 0 Å². The third kappa shape index (κ3) is 11.1. The van der Waals surface area contributed by atoms with E-state index in [1.807, 2.05) is 0 Å². The molecule has 0 heterocycles. The van der Waals surface area contributed by atoms with E-state index in [0.29, 0.717) is 0 Å². The molecule has 31 heavy (non-hydrogen) atoms. The Morgan fingerprint density at radius 3 is 1.81 bits per heavy atom. The largest absolute Gasteiger partial charge is 0.0654 e. The van der Waals surface area contributed by atoms with Crippen molar-refractivity contribution in [3.63, 3.8) is 0 Å². The average Bonchev–Trinajstić information content (AvgIpc) is 2.76. The van der Waals surface area contributed by atoms with Gasteiger partial charge in [0.15, 0.2) is 0 Å². The molecule has 0 heteroatoms. The third-order valence-electron chi connectivity index (χ3n) is 8.06. The number of rotatable bonds is 18. The van der Waals surface area contributed by atoms with E-state index in [1.165, 1.54) is 82.6 Å². The molecule has 0 aliphatic heterocycles. The highest BCUT2D eigenvalue weighted by Gasteiger charge is 2.23. The summed E-state index contributed by atoms with van der Waals surface area (Å²) in [6, 6.07) is 11.2. The highest BCUT2D eigenvalue weighted by Crippen LogP contribution is 2.35. The molecule has 4 atom stereocenters. The fourth-order valence-electron chi connectivity index (χ4n) is 5.85. The first-order valence-electron chi connectivity index (χ1n) is 14.0. The first-order valence-corrected chi connectivity index (χ1v) is 14.0. The van der Waals surface area contributed by atoms with Gasteiger partial charge in [-0.25, -0.2) is 0 Å². The Bertz CT molecular complexity index is 514. The molecule has 0 amide bonds. The molecule has 0 nitrogen and oxygen atoms in total. The minimum Gasteiger partial charge on any atom is -0.0654 e. The summed E-state index contributed by atoms with van der Waals surface area (Å²) in [6.07, 6.45) is 16.9. The molecular formula is C31H56. The van der Waals surface area contributed by atoms with Crippen molar-refractivity contribution in [3.05, 3.63) is 35.9 Å². The van der Waals surface area contributed by atoms with Gasteiger partial charge < -0.3 is 0 Å². The van der Waals surface area contributed by atoms with Crippen LogP contribution in [0.1, 0.15) is 137 Å². The second-order valence-electron chi connectivity index (χ2n) is 11.0. The van der Waals surface area contributed by atoms with E-state index in [4.69, 9.17) is 0 Å². The summed E-state index contributed by atoms with van der Waals surface area (Å²) in [5.41, 5.74) is 1.54. The maximum atomic E-state index is 2.47. The first kappa shape index (κ1) is 28.3. The molecule has 180 valence electrons. The molecule has 1 aromatic carbocycles. The maximum Gasteiger partial charge on any atom is -0.0139 e.